The summed E-state index contributed by atoms with van der Waals surface area (Å²) in [6, 6.07) is 1.64. The molecule has 0 bridgehead atoms. The lowest BCUT2D eigenvalue weighted by atomic mass is 10.1. The van der Waals surface area contributed by atoms with Gasteiger partial charge in [0.1, 0.15) is 17.7 Å². The van der Waals surface area contributed by atoms with Gasteiger partial charge in [0.05, 0.1) is 13.0 Å². The van der Waals surface area contributed by atoms with Gasteiger partial charge in [0.15, 0.2) is 0 Å². The van der Waals surface area contributed by atoms with Crippen LogP contribution in [0.5, 0.6) is 0 Å². The topological polar surface area (TPSA) is 86.6 Å². The van der Waals surface area contributed by atoms with Crippen LogP contribution in [0.2, 0.25) is 0 Å². The summed E-state index contributed by atoms with van der Waals surface area (Å²) >= 11 is 0. The van der Waals surface area contributed by atoms with Crippen molar-refractivity contribution in [3.63, 3.8) is 0 Å². The van der Waals surface area contributed by atoms with Crippen molar-refractivity contribution < 1.29 is 28.6 Å². The van der Waals surface area contributed by atoms with Crippen LogP contribution in [0.4, 0.5) is 8.78 Å². The normalized spacial score (nSPS) is 11.9. The highest BCUT2D eigenvalue weighted by molar-refractivity contribution is 5.84. The molecular weight excluding hydrogens is 248 g/mol. The van der Waals surface area contributed by atoms with Crippen LogP contribution in [0, 0.1) is 11.6 Å². The van der Waals surface area contributed by atoms with E-state index < -0.39 is 48.1 Å². The number of carboxylic acid groups (broad SMARTS) is 1. The van der Waals surface area contributed by atoms with Gasteiger partial charge in [-0.1, -0.05) is 6.07 Å². The number of carbonyl (C=O) groups excluding carboxylic acids is 1. The van der Waals surface area contributed by atoms with E-state index >= 15 is 0 Å². The predicted octanol–water partition coefficient (Wildman–Crippen LogP) is 0.0690. The average molecular weight is 259 g/mol. The van der Waals surface area contributed by atoms with E-state index in [2.05, 4.69) is 0 Å². The molecule has 1 amide bonds. The summed E-state index contributed by atoms with van der Waals surface area (Å²) < 4.78 is 26.4. The Morgan fingerprint density at radius 1 is 1.28 bits per heavy atom. The van der Waals surface area contributed by atoms with Crippen LogP contribution in [0.25, 0.3) is 0 Å². The number of nitrogens with one attached hydrogen (secondary N) is 1. The van der Waals surface area contributed by atoms with E-state index in [0.29, 0.717) is 0 Å². The molecule has 0 aliphatic carbocycles. The summed E-state index contributed by atoms with van der Waals surface area (Å²) in [5.41, 5.74) is -0.447. The van der Waals surface area contributed by atoms with Crippen LogP contribution in [-0.2, 0) is 16.0 Å². The van der Waals surface area contributed by atoms with E-state index in [1.807, 2.05) is 5.32 Å². The fourth-order valence-electron chi connectivity index (χ4n) is 1.29. The summed E-state index contributed by atoms with van der Waals surface area (Å²) in [5, 5.41) is 19.2. The maximum Gasteiger partial charge on any atom is 0.328 e. The zero-order chi connectivity index (χ0) is 13.7. The van der Waals surface area contributed by atoms with Crippen LogP contribution in [0.1, 0.15) is 5.56 Å². The van der Waals surface area contributed by atoms with Gasteiger partial charge in [0.25, 0.3) is 0 Å². The summed E-state index contributed by atoms with van der Waals surface area (Å²) in [4.78, 5) is 21.9. The molecule has 5 nitrogen and oxygen atoms in total. The minimum atomic E-state index is -1.49. The smallest absolute Gasteiger partial charge is 0.328 e. The number of rotatable bonds is 5. The molecule has 3 N–H and O–H groups in total. The van der Waals surface area contributed by atoms with Crippen molar-refractivity contribution in [1.82, 2.24) is 5.32 Å². The van der Waals surface area contributed by atoms with Crippen molar-refractivity contribution in [3.8, 4) is 0 Å². The third kappa shape index (κ3) is 3.49. The fourth-order valence-corrected chi connectivity index (χ4v) is 1.29. The third-order valence-corrected chi connectivity index (χ3v) is 2.21. The third-order valence-electron chi connectivity index (χ3n) is 2.21. The Morgan fingerprint density at radius 3 is 2.28 bits per heavy atom. The Balaban J connectivity index is 2.73. The maximum absolute atomic E-state index is 13.2. The number of amides is 1. The Bertz CT molecular complexity index is 444. The molecule has 0 aliphatic rings. The van der Waals surface area contributed by atoms with E-state index in [-0.39, 0.29) is 0 Å². The van der Waals surface area contributed by atoms with Gasteiger partial charge in [-0.15, -0.1) is 0 Å². The fraction of sp³-hybridized carbons (Fsp3) is 0.273. The lowest BCUT2D eigenvalue weighted by Crippen LogP contribution is -2.44. The molecule has 0 heterocycles. The number of aliphatic hydroxyl groups is 1. The van der Waals surface area contributed by atoms with E-state index in [0.717, 1.165) is 18.2 Å². The van der Waals surface area contributed by atoms with Crippen LogP contribution in [0.3, 0.4) is 0 Å². The van der Waals surface area contributed by atoms with Crippen molar-refractivity contribution in [2.75, 3.05) is 6.61 Å². The summed E-state index contributed by atoms with van der Waals surface area (Å²) in [6.07, 6.45) is -0.637. The van der Waals surface area contributed by atoms with E-state index in [1.165, 1.54) is 0 Å². The van der Waals surface area contributed by atoms with Gasteiger partial charge in [-0.05, 0) is 12.1 Å². The number of aliphatic carboxylic acids is 1. The summed E-state index contributed by atoms with van der Waals surface area (Å²) in [7, 11) is 0. The second-order valence-corrected chi connectivity index (χ2v) is 3.52. The molecule has 18 heavy (non-hydrogen) atoms. The molecule has 0 aliphatic heterocycles. The van der Waals surface area contributed by atoms with Crippen LogP contribution in [-0.4, -0.2) is 34.7 Å². The molecule has 1 aromatic carbocycles. The number of hydrogen-bond acceptors (Lipinski definition) is 3. The van der Waals surface area contributed by atoms with Gasteiger partial charge in [-0.3, -0.25) is 4.79 Å². The number of hydrogen-bond donors (Lipinski definition) is 3. The quantitative estimate of drug-likeness (QED) is 0.698. The summed E-state index contributed by atoms with van der Waals surface area (Å²) in [6.45, 7) is -0.805. The molecule has 0 fully saturated rings. The van der Waals surface area contributed by atoms with Gasteiger partial charge in [0, 0.05) is 5.56 Å². The Labute approximate surface area is 101 Å². The van der Waals surface area contributed by atoms with Gasteiger partial charge >= 0.3 is 5.97 Å². The average Bonchev–Trinajstić information content (AvgIpc) is 2.30. The SMILES string of the molecule is O=C(Cc1c(F)cccc1F)NC(CO)C(=O)O. The Hall–Kier alpha value is -2.02. The first-order valence-electron chi connectivity index (χ1n) is 5.01. The van der Waals surface area contributed by atoms with Crippen molar-refractivity contribution in [2.45, 2.75) is 12.5 Å². The van der Waals surface area contributed by atoms with Gasteiger partial charge in [-0.2, -0.15) is 0 Å². The molecule has 0 spiro atoms. The minimum Gasteiger partial charge on any atom is -0.480 e. The monoisotopic (exact) mass is 259 g/mol. The van der Waals surface area contributed by atoms with E-state index in [4.69, 9.17) is 10.2 Å². The van der Waals surface area contributed by atoms with Crippen LogP contribution in [0.15, 0.2) is 18.2 Å². The number of carbonyl (C=O) groups is 2. The van der Waals surface area contributed by atoms with E-state index in [1.54, 1.807) is 0 Å². The lowest BCUT2D eigenvalue weighted by Gasteiger charge is -2.12. The highest BCUT2D eigenvalue weighted by Crippen LogP contribution is 2.12. The predicted molar refractivity (Wildman–Crippen MR) is 56.7 cm³/mol. The highest BCUT2D eigenvalue weighted by atomic mass is 19.1. The minimum absolute atomic E-state index is 0.447. The van der Waals surface area contributed by atoms with Gasteiger partial charge in [0.2, 0.25) is 5.91 Å². The first-order chi connectivity index (χ1) is 8.45. The summed E-state index contributed by atoms with van der Waals surface area (Å²) in [5.74, 6) is -4.10. The van der Waals surface area contributed by atoms with Crippen molar-refractivity contribution in [2.24, 2.45) is 0 Å². The first kappa shape index (κ1) is 14.0. The molecule has 0 radical (unpaired) electrons. The maximum atomic E-state index is 13.2. The van der Waals surface area contributed by atoms with E-state index in [9.17, 15) is 18.4 Å². The molecule has 0 saturated heterocycles. The van der Waals surface area contributed by atoms with Crippen LogP contribution < -0.4 is 5.32 Å². The van der Waals surface area contributed by atoms with Crippen molar-refractivity contribution in [1.29, 1.82) is 0 Å². The molecule has 1 atom stereocenters. The molecule has 1 aromatic rings. The first-order valence-corrected chi connectivity index (χ1v) is 5.01. The molecule has 0 aromatic heterocycles. The molecule has 1 rings (SSSR count). The number of carboxylic acids is 1. The number of aliphatic hydroxyl groups excluding tert-OH is 1. The zero-order valence-corrected chi connectivity index (χ0v) is 9.19. The number of halogens is 2. The number of benzene rings is 1. The molecule has 1 unspecified atom stereocenters. The zero-order valence-electron chi connectivity index (χ0n) is 9.19. The van der Waals surface area contributed by atoms with Crippen molar-refractivity contribution >= 4 is 11.9 Å². The molecule has 98 valence electrons. The lowest BCUT2D eigenvalue weighted by molar-refractivity contribution is -0.142. The molecular formula is C11H11F2NO4. The second kappa shape index (κ2) is 6.06. The van der Waals surface area contributed by atoms with Gasteiger partial charge in [-0.25, -0.2) is 13.6 Å². The Kier molecular flexibility index (Phi) is 4.73. The largest absolute Gasteiger partial charge is 0.480 e. The highest BCUT2D eigenvalue weighted by Gasteiger charge is 2.20. The van der Waals surface area contributed by atoms with Crippen LogP contribution >= 0.6 is 0 Å². The Morgan fingerprint density at radius 2 is 1.83 bits per heavy atom. The van der Waals surface area contributed by atoms with Gasteiger partial charge < -0.3 is 15.5 Å². The molecule has 7 heteroatoms. The second-order valence-electron chi connectivity index (χ2n) is 3.52. The standard InChI is InChI=1S/C11H11F2NO4/c12-7-2-1-3-8(13)6(7)4-10(16)14-9(5-15)11(17)18/h1-3,9,15H,4-5H2,(H,14,16)(H,17,18). The molecule has 0 saturated carbocycles. The van der Waals surface area contributed by atoms with Crippen molar-refractivity contribution in [3.05, 3.63) is 35.4 Å².